The maximum Gasteiger partial charge on any atom is 0.191 e. The van der Waals surface area contributed by atoms with Crippen molar-refractivity contribution in [2.24, 2.45) is 4.99 Å². The molecule has 6 heteroatoms. The second kappa shape index (κ2) is 9.24. The Kier molecular flexibility index (Phi) is 6.74. The average Bonchev–Trinajstić information content (AvgIpc) is 3.11. The fourth-order valence-electron chi connectivity index (χ4n) is 3.54. The first-order valence-electron chi connectivity index (χ1n) is 9.95. The van der Waals surface area contributed by atoms with E-state index in [1.54, 1.807) is 0 Å². The van der Waals surface area contributed by atoms with Crippen molar-refractivity contribution >= 4 is 16.9 Å². The van der Waals surface area contributed by atoms with Gasteiger partial charge in [-0.1, -0.05) is 18.2 Å². The van der Waals surface area contributed by atoms with Gasteiger partial charge in [-0.3, -0.25) is 9.89 Å². The predicted octanol–water partition coefficient (Wildman–Crippen LogP) is 3.16. The molecule has 27 heavy (non-hydrogen) atoms. The van der Waals surface area contributed by atoms with Crippen LogP contribution in [0.25, 0.3) is 11.0 Å². The van der Waals surface area contributed by atoms with Crippen LogP contribution in [-0.4, -0.2) is 55.8 Å². The van der Waals surface area contributed by atoms with Gasteiger partial charge in [0.05, 0.1) is 25.8 Å². The SMILES string of the molecule is CCNC(=NCC(C)N1CCOCC1C)NC(C)c1cc2ccccc2o1. The summed E-state index contributed by atoms with van der Waals surface area (Å²) in [4.78, 5) is 7.28. The minimum Gasteiger partial charge on any atom is -0.459 e. The highest BCUT2D eigenvalue weighted by Gasteiger charge is 2.23. The largest absolute Gasteiger partial charge is 0.459 e. The number of ether oxygens (including phenoxy) is 1. The zero-order chi connectivity index (χ0) is 19.2. The maximum atomic E-state index is 5.98. The molecule has 3 unspecified atom stereocenters. The van der Waals surface area contributed by atoms with Crippen molar-refractivity contribution in [2.45, 2.75) is 45.8 Å². The van der Waals surface area contributed by atoms with Crippen LogP contribution in [0, 0.1) is 0 Å². The summed E-state index contributed by atoms with van der Waals surface area (Å²) in [7, 11) is 0. The molecular weight excluding hydrogens is 340 g/mol. The van der Waals surface area contributed by atoms with Crippen LogP contribution in [0.1, 0.15) is 39.5 Å². The van der Waals surface area contributed by atoms with Gasteiger partial charge < -0.3 is 19.8 Å². The average molecular weight is 373 g/mol. The van der Waals surface area contributed by atoms with Crippen LogP contribution in [-0.2, 0) is 4.74 Å². The number of rotatable bonds is 6. The Morgan fingerprint density at radius 1 is 1.33 bits per heavy atom. The zero-order valence-corrected chi connectivity index (χ0v) is 16.9. The molecule has 148 valence electrons. The van der Waals surface area contributed by atoms with Gasteiger partial charge in [-0.2, -0.15) is 0 Å². The quantitative estimate of drug-likeness (QED) is 0.602. The van der Waals surface area contributed by atoms with Gasteiger partial charge in [-0.05, 0) is 39.8 Å². The Labute approximate surface area is 162 Å². The minimum atomic E-state index is 0.0350. The molecule has 1 aliphatic heterocycles. The molecule has 1 fully saturated rings. The van der Waals surface area contributed by atoms with Gasteiger partial charge in [0.15, 0.2) is 5.96 Å². The molecule has 6 nitrogen and oxygen atoms in total. The number of guanidine groups is 1. The number of hydrogen-bond donors (Lipinski definition) is 2. The molecule has 1 aromatic carbocycles. The summed E-state index contributed by atoms with van der Waals surface area (Å²) in [5, 5.41) is 7.93. The third-order valence-corrected chi connectivity index (χ3v) is 5.07. The van der Waals surface area contributed by atoms with E-state index < -0.39 is 0 Å². The van der Waals surface area contributed by atoms with E-state index in [1.807, 2.05) is 18.2 Å². The molecule has 2 N–H and O–H groups in total. The number of morpholine rings is 1. The van der Waals surface area contributed by atoms with Crippen LogP contribution in [0.4, 0.5) is 0 Å². The highest BCUT2D eigenvalue weighted by atomic mass is 16.5. The number of fused-ring (bicyclic) bond motifs is 1. The lowest BCUT2D eigenvalue weighted by molar-refractivity contribution is -0.0165. The van der Waals surface area contributed by atoms with E-state index in [9.17, 15) is 0 Å². The summed E-state index contributed by atoms with van der Waals surface area (Å²) in [6.45, 7) is 12.8. The fraction of sp³-hybridized carbons (Fsp3) is 0.571. The van der Waals surface area contributed by atoms with Gasteiger partial charge in [-0.25, -0.2) is 0 Å². The Bertz CT molecular complexity index is 724. The van der Waals surface area contributed by atoms with Gasteiger partial charge in [-0.15, -0.1) is 0 Å². The van der Waals surface area contributed by atoms with Crippen LogP contribution in [0.2, 0.25) is 0 Å². The highest BCUT2D eigenvalue weighted by molar-refractivity contribution is 5.81. The molecule has 2 heterocycles. The van der Waals surface area contributed by atoms with E-state index in [0.29, 0.717) is 12.1 Å². The summed E-state index contributed by atoms with van der Waals surface area (Å²) < 4.78 is 11.5. The maximum absolute atomic E-state index is 5.98. The third kappa shape index (κ3) is 5.02. The van der Waals surface area contributed by atoms with Crippen LogP contribution >= 0.6 is 0 Å². The van der Waals surface area contributed by atoms with Gasteiger partial charge in [0.2, 0.25) is 0 Å². The molecule has 3 rings (SSSR count). The smallest absolute Gasteiger partial charge is 0.191 e. The topological polar surface area (TPSA) is 62.0 Å². The van der Waals surface area contributed by atoms with E-state index in [4.69, 9.17) is 14.1 Å². The van der Waals surface area contributed by atoms with Crippen molar-refractivity contribution in [1.82, 2.24) is 15.5 Å². The van der Waals surface area contributed by atoms with E-state index in [0.717, 1.165) is 55.5 Å². The normalized spacial score (nSPS) is 21.2. The van der Waals surface area contributed by atoms with Crippen molar-refractivity contribution < 1.29 is 9.15 Å². The van der Waals surface area contributed by atoms with Crippen molar-refractivity contribution in [3.05, 3.63) is 36.1 Å². The number of para-hydroxylation sites is 1. The molecule has 2 aromatic rings. The second-order valence-corrected chi connectivity index (χ2v) is 7.28. The van der Waals surface area contributed by atoms with Crippen molar-refractivity contribution in [1.29, 1.82) is 0 Å². The molecule has 3 atom stereocenters. The molecule has 0 saturated carbocycles. The first kappa shape index (κ1) is 19.7. The lowest BCUT2D eigenvalue weighted by atomic mass is 10.2. The van der Waals surface area contributed by atoms with Crippen LogP contribution in [0.5, 0.6) is 0 Å². The van der Waals surface area contributed by atoms with Crippen LogP contribution in [0.3, 0.4) is 0 Å². The van der Waals surface area contributed by atoms with Crippen LogP contribution in [0.15, 0.2) is 39.7 Å². The molecule has 1 aromatic heterocycles. The molecule has 0 bridgehead atoms. The minimum absolute atomic E-state index is 0.0350. The first-order valence-corrected chi connectivity index (χ1v) is 9.95. The summed E-state index contributed by atoms with van der Waals surface area (Å²) in [6, 6.07) is 11.0. The van der Waals surface area contributed by atoms with Crippen LogP contribution < -0.4 is 10.6 Å². The summed E-state index contributed by atoms with van der Waals surface area (Å²) in [5.41, 5.74) is 0.915. The van der Waals surface area contributed by atoms with Crippen molar-refractivity contribution in [2.75, 3.05) is 32.8 Å². The zero-order valence-electron chi connectivity index (χ0n) is 16.9. The number of furan rings is 1. The standard InChI is InChI=1S/C21H32N4O2/c1-5-22-21(23-13-15(2)25-10-11-26-14-16(25)3)24-17(4)20-12-18-8-6-7-9-19(18)27-20/h6-9,12,15-17H,5,10-11,13-14H2,1-4H3,(H2,22,23,24). The van der Waals surface area contributed by atoms with Gasteiger partial charge >= 0.3 is 0 Å². The number of benzene rings is 1. The lowest BCUT2D eigenvalue weighted by Crippen LogP contribution is -2.49. The molecule has 0 aliphatic carbocycles. The van der Waals surface area contributed by atoms with E-state index >= 15 is 0 Å². The van der Waals surface area contributed by atoms with Crippen molar-refractivity contribution in [3.8, 4) is 0 Å². The molecule has 0 spiro atoms. The number of aliphatic imine (C=N–C) groups is 1. The summed E-state index contributed by atoms with van der Waals surface area (Å²) in [6.07, 6.45) is 0. The Morgan fingerprint density at radius 2 is 2.15 bits per heavy atom. The van der Waals surface area contributed by atoms with Gasteiger partial charge in [0.1, 0.15) is 11.3 Å². The number of nitrogens with one attached hydrogen (secondary N) is 2. The van der Waals surface area contributed by atoms with E-state index in [2.05, 4.69) is 55.4 Å². The number of nitrogens with zero attached hydrogens (tertiary/aromatic N) is 2. The molecule has 1 aliphatic rings. The van der Waals surface area contributed by atoms with Gasteiger partial charge in [0.25, 0.3) is 0 Å². The van der Waals surface area contributed by atoms with Gasteiger partial charge in [0, 0.05) is 30.6 Å². The monoisotopic (exact) mass is 372 g/mol. The fourth-order valence-corrected chi connectivity index (χ4v) is 3.54. The highest BCUT2D eigenvalue weighted by Crippen LogP contribution is 2.23. The molecule has 1 saturated heterocycles. The van der Waals surface area contributed by atoms with E-state index in [1.165, 1.54) is 0 Å². The number of hydrogen-bond acceptors (Lipinski definition) is 4. The Morgan fingerprint density at radius 3 is 2.89 bits per heavy atom. The third-order valence-electron chi connectivity index (χ3n) is 5.07. The summed E-state index contributed by atoms with van der Waals surface area (Å²) >= 11 is 0. The molecule has 0 amide bonds. The lowest BCUT2D eigenvalue weighted by Gasteiger charge is -2.37. The molecule has 0 radical (unpaired) electrons. The predicted molar refractivity (Wildman–Crippen MR) is 110 cm³/mol. The molecular formula is C21H32N4O2. The Hall–Kier alpha value is -2.05. The van der Waals surface area contributed by atoms with E-state index in [-0.39, 0.29) is 6.04 Å². The van der Waals surface area contributed by atoms with Crippen molar-refractivity contribution in [3.63, 3.8) is 0 Å². The Balaban J connectivity index is 1.64. The summed E-state index contributed by atoms with van der Waals surface area (Å²) in [5.74, 6) is 1.73. The first-order chi connectivity index (χ1) is 13.1. The second-order valence-electron chi connectivity index (χ2n) is 7.28.